The normalized spacial score (nSPS) is 12.9. The molecule has 0 fully saturated rings. The standard InChI is InChI=1S/C35H36N2O3/c1-35(2,3)40-34(39)31-17-8-7-16-30(31)27-14-9-13-26(21-27)24-37-20-10-15-28-22-29(18-19-32(28)37)33(38)36-23-25-11-5-4-6-12-25/h4-9,11-14,16-19,21-22H,10,15,20,23-24H2,1-3H3,(H,36,38). The molecule has 40 heavy (non-hydrogen) atoms. The summed E-state index contributed by atoms with van der Waals surface area (Å²) < 4.78 is 5.67. The first-order chi connectivity index (χ1) is 19.3. The lowest BCUT2D eigenvalue weighted by Gasteiger charge is -2.32. The summed E-state index contributed by atoms with van der Waals surface area (Å²) >= 11 is 0. The predicted octanol–water partition coefficient (Wildman–Crippen LogP) is 7.19. The third-order valence-electron chi connectivity index (χ3n) is 7.01. The molecule has 5 heteroatoms. The molecule has 4 aromatic carbocycles. The maximum Gasteiger partial charge on any atom is 0.339 e. The van der Waals surface area contributed by atoms with E-state index in [9.17, 15) is 9.59 Å². The van der Waals surface area contributed by atoms with E-state index in [0.29, 0.717) is 17.7 Å². The number of rotatable bonds is 7. The van der Waals surface area contributed by atoms with Gasteiger partial charge in [0.05, 0.1) is 5.56 Å². The molecule has 1 heterocycles. The van der Waals surface area contributed by atoms with Crippen LogP contribution in [0.4, 0.5) is 5.69 Å². The van der Waals surface area contributed by atoms with Gasteiger partial charge in [0.2, 0.25) is 0 Å². The number of aryl methyl sites for hydroxylation is 1. The van der Waals surface area contributed by atoms with E-state index in [4.69, 9.17) is 4.74 Å². The molecule has 204 valence electrons. The van der Waals surface area contributed by atoms with Crippen LogP contribution < -0.4 is 10.2 Å². The average molecular weight is 533 g/mol. The molecule has 1 N–H and O–H groups in total. The van der Waals surface area contributed by atoms with Crippen molar-refractivity contribution in [3.05, 3.63) is 125 Å². The Morgan fingerprint density at radius 3 is 2.40 bits per heavy atom. The van der Waals surface area contributed by atoms with Crippen molar-refractivity contribution in [1.82, 2.24) is 5.32 Å². The molecule has 0 aliphatic carbocycles. The first-order valence-electron chi connectivity index (χ1n) is 13.9. The quantitative estimate of drug-likeness (QED) is 0.256. The van der Waals surface area contributed by atoms with Crippen LogP contribution in [-0.4, -0.2) is 24.0 Å². The molecule has 4 aromatic rings. The SMILES string of the molecule is CC(C)(C)OC(=O)c1ccccc1-c1cccc(CN2CCCc3cc(C(=O)NCc4ccccc4)ccc32)c1. The highest BCUT2D eigenvalue weighted by Gasteiger charge is 2.22. The Morgan fingerprint density at radius 1 is 0.850 bits per heavy atom. The van der Waals surface area contributed by atoms with Gasteiger partial charge in [0, 0.05) is 30.9 Å². The van der Waals surface area contributed by atoms with Crippen molar-refractivity contribution in [1.29, 1.82) is 0 Å². The molecule has 0 atom stereocenters. The zero-order valence-corrected chi connectivity index (χ0v) is 23.4. The fourth-order valence-corrected chi connectivity index (χ4v) is 5.16. The molecule has 1 aliphatic rings. The van der Waals surface area contributed by atoms with Crippen LogP contribution in [0.5, 0.6) is 0 Å². The van der Waals surface area contributed by atoms with Crippen LogP contribution in [0.15, 0.2) is 97.1 Å². The number of ether oxygens (including phenoxy) is 1. The summed E-state index contributed by atoms with van der Waals surface area (Å²) in [6.07, 6.45) is 1.98. The first-order valence-corrected chi connectivity index (χ1v) is 13.9. The Kier molecular flexibility index (Phi) is 8.01. The van der Waals surface area contributed by atoms with Gasteiger partial charge in [0.15, 0.2) is 0 Å². The maximum atomic E-state index is 12.9. The van der Waals surface area contributed by atoms with Crippen molar-refractivity contribution >= 4 is 17.6 Å². The molecule has 0 spiro atoms. The van der Waals surface area contributed by atoms with Gasteiger partial charge >= 0.3 is 5.97 Å². The molecule has 0 radical (unpaired) electrons. The number of anilines is 1. The third-order valence-corrected chi connectivity index (χ3v) is 7.01. The van der Waals surface area contributed by atoms with Gasteiger partial charge in [-0.05, 0) is 91.8 Å². The average Bonchev–Trinajstić information content (AvgIpc) is 2.95. The molecule has 5 nitrogen and oxygen atoms in total. The van der Waals surface area contributed by atoms with Crippen LogP contribution >= 0.6 is 0 Å². The van der Waals surface area contributed by atoms with E-state index in [-0.39, 0.29) is 11.9 Å². The largest absolute Gasteiger partial charge is 0.456 e. The van der Waals surface area contributed by atoms with Gasteiger partial charge in [-0.3, -0.25) is 4.79 Å². The molecule has 0 saturated carbocycles. The Hall–Kier alpha value is -4.38. The summed E-state index contributed by atoms with van der Waals surface area (Å²) in [6, 6.07) is 32.0. The van der Waals surface area contributed by atoms with Crippen molar-refractivity contribution in [2.75, 3.05) is 11.4 Å². The second-order valence-corrected chi connectivity index (χ2v) is 11.3. The fraction of sp³-hybridized carbons (Fsp3) is 0.257. The number of nitrogens with one attached hydrogen (secondary N) is 1. The summed E-state index contributed by atoms with van der Waals surface area (Å²) in [5.74, 6) is -0.373. The predicted molar refractivity (Wildman–Crippen MR) is 160 cm³/mol. The number of esters is 1. The van der Waals surface area contributed by atoms with Crippen molar-refractivity contribution in [2.45, 2.75) is 52.3 Å². The topological polar surface area (TPSA) is 58.6 Å². The molecule has 0 unspecified atom stereocenters. The van der Waals surface area contributed by atoms with E-state index in [1.807, 2.05) is 99.6 Å². The number of nitrogens with zero attached hydrogens (tertiary/aromatic N) is 1. The van der Waals surface area contributed by atoms with Crippen LogP contribution in [0.2, 0.25) is 0 Å². The van der Waals surface area contributed by atoms with Gasteiger partial charge in [-0.1, -0.05) is 66.7 Å². The van der Waals surface area contributed by atoms with Crippen molar-refractivity contribution < 1.29 is 14.3 Å². The van der Waals surface area contributed by atoms with Crippen LogP contribution in [0.25, 0.3) is 11.1 Å². The fourth-order valence-electron chi connectivity index (χ4n) is 5.16. The lowest BCUT2D eigenvalue weighted by atomic mass is 9.96. The zero-order valence-electron chi connectivity index (χ0n) is 23.4. The Balaban J connectivity index is 1.32. The van der Waals surface area contributed by atoms with Crippen LogP contribution in [0, 0.1) is 0 Å². The summed E-state index contributed by atoms with van der Waals surface area (Å²) in [5, 5.41) is 3.03. The van der Waals surface area contributed by atoms with Gasteiger partial charge in [-0.2, -0.15) is 0 Å². The highest BCUT2D eigenvalue weighted by atomic mass is 16.6. The monoisotopic (exact) mass is 532 g/mol. The van der Waals surface area contributed by atoms with Crippen molar-refractivity contribution in [2.24, 2.45) is 0 Å². The number of fused-ring (bicyclic) bond motifs is 1. The minimum Gasteiger partial charge on any atom is -0.456 e. The van der Waals surface area contributed by atoms with Crippen LogP contribution in [0.3, 0.4) is 0 Å². The number of amides is 1. The molecule has 0 aromatic heterocycles. The zero-order chi connectivity index (χ0) is 28.1. The first kappa shape index (κ1) is 27.2. The summed E-state index contributed by atoms with van der Waals surface area (Å²) in [4.78, 5) is 28.1. The van der Waals surface area contributed by atoms with Crippen molar-refractivity contribution in [3.8, 4) is 11.1 Å². The van der Waals surface area contributed by atoms with Gasteiger partial charge in [0.1, 0.15) is 5.60 Å². The lowest BCUT2D eigenvalue weighted by Crippen LogP contribution is -2.29. The minimum atomic E-state index is -0.559. The second kappa shape index (κ2) is 11.8. The van der Waals surface area contributed by atoms with E-state index < -0.39 is 5.60 Å². The number of benzene rings is 4. The van der Waals surface area contributed by atoms with Crippen LogP contribution in [-0.2, 0) is 24.2 Å². The number of carbonyl (C=O) groups excluding carboxylic acids is 2. The second-order valence-electron chi connectivity index (χ2n) is 11.3. The van der Waals surface area contributed by atoms with E-state index in [1.165, 1.54) is 11.3 Å². The number of hydrogen-bond donors (Lipinski definition) is 1. The lowest BCUT2D eigenvalue weighted by molar-refractivity contribution is 0.00703. The number of hydrogen-bond acceptors (Lipinski definition) is 4. The minimum absolute atomic E-state index is 0.0554. The Morgan fingerprint density at radius 2 is 1.60 bits per heavy atom. The van der Waals surface area contributed by atoms with E-state index in [0.717, 1.165) is 48.2 Å². The third kappa shape index (κ3) is 6.60. The molecule has 5 rings (SSSR count). The van der Waals surface area contributed by atoms with E-state index in [2.05, 4.69) is 28.4 Å². The Bertz CT molecular complexity index is 1500. The molecular formula is C35H36N2O3. The smallest absolute Gasteiger partial charge is 0.339 e. The molecule has 1 amide bonds. The van der Waals surface area contributed by atoms with Gasteiger partial charge in [-0.25, -0.2) is 4.79 Å². The van der Waals surface area contributed by atoms with Gasteiger partial charge < -0.3 is 15.0 Å². The molecule has 0 saturated heterocycles. The van der Waals surface area contributed by atoms with Gasteiger partial charge in [0.25, 0.3) is 5.91 Å². The van der Waals surface area contributed by atoms with Crippen molar-refractivity contribution in [3.63, 3.8) is 0 Å². The highest BCUT2D eigenvalue weighted by molar-refractivity contribution is 5.97. The summed E-state index contributed by atoms with van der Waals surface area (Å²) in [6.45, 7) is 7.84. The highest BCUT2D eigenvalue weighted by Crippen LogP contribution is 2.31. The van der Waals surface area contributed by atoms with Crippen LogP contribution in [0.1, 0.15) is 64.6 Å². The Labute approximate surface area is 236 Å². The summed E-state index contributed by atoms with van der Waals surface area (Å²) in [7, 11) is 0. The molecule has 0 bridgehead atoms. The van der Waals surface area contributed by atoms with E-state index in [1.54, 1.807) is 0 Å². The number of carbonyl (C=O) groups is 2. The van der Waals surface area contributed by atoms with Gasteiger partial charge in [-0.15, -0.1) is 0 Å². The van der Waals surface area contributed by atoms with E-state index >= 15 is 0 Å². The molecule has 1 aliphatic heterocycles. The summed E-state index contributed by atoms with van der Waals surface area (Å²) in [5.41, 5.74) is 7.16. The maximum absolute atomic E-state index is 12.9. The molecular weight excluding hydrogens is 496 g/mol.